The molecule has 1 amide bonds. The topological polar surface area (TPSA) is 99.0 Å². The molecule has 3 aromatic rings. The summed E-state index contributed by atoms with van der Waals surface area (Å²) in [4.78, 5) is 25.9. The maximum Gasteiger partial charge on any atom is 0.586 e. The van der Waals surface area contributed by atoms with Gasteiger partial charge in [0.2, 0.25) is 5.91 Å². The SMILES string of the molecule is CC1(C)C(=O)O[C@@H](CO)Cn2c1cc1cc(NC(=O)C3(c4ccc5c(c4)OC(F)(F)O5)CC3)c(F)cc12. The minimum Gasteiger partial charge on any atom is -0.457 e. The molecule has 0 spiro atoms. The molecule has 1 fully saturated rings. The smallest absolute Gasteiger partial charge is 0.457 e. The Morgan fingerprint density at radius 3 is 2.57 bits per heavy atom. The number of aliphatic hydroxyl groups is 1. The van der Waals surface area contributed by atoms with E-state index in [0.29, 0.717) is 35.0 Å². The van der Waals surface area contributed by atoms with E-state index in [1.54, 1.807) is 24.5 Å². The summed E-state index contributed by atoms with van der Waals surface area (Å²) in [6, 6.07) is 8.72. The predicted molar refractivity (Wildman–Crippen MR) is 124 cm³/mol. The van der Waals surface area contributed by atoms with Crippen molar-refractivity contribution in [2.24, 2.45) is 0 Å². The highest BCUT2D eigenvalue weighted by molar-refractivity contribution is 6.03. The van der Waals surface area contributed by atoms with Crippen LogP contribution in [0.2, 0.25) is 0 Å². The van der Waals surface area contributed by atoms with Crippen LogP contribution < -0.4 is 14.8 Å². The number of nitrogens with one attached hydrogen (secondary N) is 1. The van der Waals surface area contributed by atoms with Crippen molar-refractivity contribution in [3.63, 3.8) is 0 Å². The molecule has 6 rings (SSSR count). The third-order valence-corrected chi connectivity index (χ3v) is 7.39. The number of esters is 1. The number of halogens is 3. The van der Waals surface area contributed by atoms with Crippen molar-refractivity contribution in [2.75, 3.05) is 11.9 Å². The van der Waals surface area contributed by atoms with Gasteiger partial charge in [0.1, 0.15) is 17.3 Å². The summed E-state index contributed by atoms with van der Waals surface area (Å²) in [5.41, 5.74) is -0.532. The van der Waals surface area contributed by atoms with Crippen molar-refractivity contribution in [3.05, 3.63) is 53.5 Å². The minimum absolute atomic E-state index is 0.0455. The number of carbonyl (C=O) groups is 2. The van der Waals surface area contributed by atoms with Crippen molar-refractivity contribution in [1.82, 2.24) is 4.57 Å². The molecule has 2 aliphatic heterocycles. The second kappa shape index (κ2) is 7.64. The van der Waals surface area contributed by atoms with Crippen LogP contribution in [0.4, 0.5) is 18.9 Å². The van der Waals surface area contributed by atoms with Crippen molar-refractivity contribution in [2.45, 2.75) is 56.5 Å². The van der Waals surface area contributed by atoms with E-state index in [2.05, 4.69) is 14.8 Å². The van der Waals surface area contributed by atoms with Crippen molar-refractivity contribution in [3.8, 4) is 11.5 Å². The molecule has 0 bridgehead atoms. The number of amides is 1. The van der Waals surface area contributed by atoms with Crippen LogP contribution in [0.1, 0.15) is 37.9 Å². The van der Waals surface area contributed by atoms with Gasteiger partial charge >= 0.3 is 12.3 Å². The largest absolute Gasteiger partial charge is 0.586 e. The molecule has 11 heteroatoms. The lowest BCUT2D eigenvalue weighted by atomic mass is 9.89. The number of hydrogen-bond acceptors (Lipinski definition) is 6. The Hall–Kier alpha value is -3.73. The van der Waals surface area contributed by atoms with Gasteiger partial charge in [0.15, 0.2) is 11.5 Å². The number of cyclic esters (lactones) is 1. The van der Waals surface area contributed by atoms with Gasteiger partial charge in [-0.05, 0) is 56.5 Å². The zero-order valence-electron chi connectivity index (χ0n) is 19.9. The number of rotatable bonds is 4. The molecule has 1 saturated carbocycles. The number of carbonyl (C=O) groups excluding carboxylic acids is 2. The van der Waals surface area contributed by atoms with E-state index in [1.807, 2.05) is 0 Å². The first-order valence-electron chi connectivity index (χ1n) is 11.8. The molecule has 1 aliphatic carbocycles. The molecule has 0 unspecified atom stereocenters. The van der Waals surface area contributed by atoms with Gasteiger partial charge in [0.05, 0.1) is 29.8 Å². The third-order valence-electron chi connectivity index (χ3n) is 7.39. The van der Waals surface area contributed by atoms with Crippen LogP contribution in [0.15, 0.2) is 36.4 Å². The Labute approximate surface area is 208 Å². The Bertz CT molecular complexity index is 1480. The highest BCUT2D eigenvalue weighted by Gasteiger charge is 2.53. The zero-order valence-corrected chi connectivity index (χ0v) is 19.9. The predicted octanol–water partition coefficient (Wildman–Crippen LogP) is 3.97. The van der Waals surface area contributed by atoms with Crippen LogP contribution in [0.3, 0.4) is 0 Å². The lowest BCUT2D eigenvalue weighted by molar-refractivity contribution is -0.286. The Morgan fingerprint density at radius 2 is 1.86 bits per heavy atom. The number of aromatic nitrogens is 1. The molecule has 37 heavy (non-hydrogen) atoms. The third kappa shape index (κ3) is 3.63. The number of hydrogen-bond donors (Lipinski definition) is 2. The lowest BCUT2D eigenvalue weighted by Gasteiger charge is -2.20. The van der Waals surface area contributed by atoms with Gasteiger partial charge in [-0.15, -0.1) is 8.78 Å². The van der Waals surface area contributed by atoms with Crippen LogP contribution in [0, 0.1) is 5.82 Å². The first-order valence-corrected chi connectivity index (χ1v) is 11.8. The van der Waals surface area contributed by atoms with Gasteiger partial charge in [-0.25, -0.2) is 4.39 Å². The molecular weight excluding hydrogens is 493 g/mol. The molecule has 0 radical (unpaired) electrons. The van der Waals surface area contributed by atoms with E-state index in [0.717, 1.165) is 0 Å². The quantitative estimate of drug-likeness (QED) is 0.510. The molecule has 3 aliphatic rings. The zero-order chi connectivity index (χ0) is 26.3. The van der Waals surface area contributed by atoms with Gasteiger partial charge < -0.3 is 29.2 Å². The normalized spacial score (nSPS) is 22.2. The van der Waals surface area contributed by atoms with Crippen LogP contribution >= 0.6 is 0 Å². The second-order valence-electron chi connectivity index (χ2n) is 10.2. The maximum absolute atomic E-state index is 15.3. The van der Waals surface area contributed by atoms with Gasteiger partial charge in [-0.2, -0.15) is 0 Å². The van der Waals surface area contributed by atoms with Crippen molar-refractivity contribution in [1.29, 1.82) is 0 Å². The van der Waals surface area contributed by atoms with Crippen LogP contribution in [-0.2, 0) is 31.7 Å². The lowest BCUT2D eigenvalue weighted by Crippen LogP contribution is -2.32. The van der Waals surface area contributed by atoms with Crippen LogP contribution in [0.25, 0.3) is 10.9 Å². The molecule has 3 heterocycles. The van der Waals surface area contributed by atoms with E-state index < -0.39 is 40.9 Å². The standard InChI is InChI=1S/C26H23F3N2O6/c1-24(2)21-8-13-7-17(16(27)10-18(13)31(21)11-15(12-32)35-23(24)34)30-22(33)25(5-6-25)14-3-4-19-20(9-14)37-26(28,29)36-19/h3-4,7-10,15,32H,5-6,11-12H2,1-2H3,(H,30,33)/t15-/m1/s1. The van der Waals surface area contributed by atoms with Gasteiger partial charge in [-0.1, -0.05) is 6.07 Å². The summed E-state index contributed by atoms with van der Waals surface area (Å²) in [5, 5.41) is 12.9. The van der Waals surface area contributed by atoms with Gasteiger partial charge in [-0.3, -0.25) is 9.59 Å². The van der Waals surface area contributed by atoms with E-state index in [4.69, 9.17) is 4.74 Å². The van der Waals surface area contributed by atoms with E-state index in [-0.39, 0.29) is 30.3 Å². The summed E-state index contributed by atoms with van der Waals surface area (Å²) >= 11 is 0. The summed E-state index contributed by atoms with van der Waals surface area (Å²) in [5.74, 6) is -1.93. The fourth-order valence-electron chi connectivity index (χ4n) is 5.09. The highest BCUT2D eigenvalue weighted by Crippen LogP contribution is 2.52. The van der Waals surface area contributed by atoms with E-state index in [9.17, 15) is 23.5 Å². The average molecular weight is 516 g/mol. The summed E-state index contributed by atoms with van der Waals surface area (Å²) in [6.07, 6.45) is -3.63. The fraction of sp³-hybridized carbons (Fsp3) is 0.385. The number of anilines is 1. The molecule has 0 saturated heterocycles. The van der Waals surface area contributed by atoms with E-state index >= 15 is 4.39 Å². The van der Waals surface area contributed by atoms with Crippen molar-refractivity contribution < 1.29 is 42.1 Å². The monoisotopic (exact) mass is 516 g/mol. The number of ether oxygens (including phenoxy) is 3. The second-order valence-corrected chi connectivity index (χ2v) is 10.2. The minimum atomic E-state index is -3.77. The van der Waals surface area contributed by atoms with Crippen LogP contribution in [-0.4, -0.2) is 40.6 Å². The number of benzene rings is 2. The average Bonchev–Trinajstić information content (AvgIpc) is 3.50. The molecule has 2 aromatic carbocycles. The molecular formula is C26H23F3N2O6. The number of nitrogens with zero attached hydrogens (tertiary/aromatic N) is 1. The maximum atomic E-state index is 15.3. The summed E-state index contributed by atoms with van der Waals surface area (Å²) in [6.45, 7) is 3.16. The molecule has 1 aromatic heterocycles. The Kier molecular flexibility index (Phi) is 4.88. The Morgan fingerprint density at radius 1 is 1.14 bits per heavy atom. The van der Waals surface area contributed by atoms with E-state index in [1.165, 1.54) is 30.3 Å². The van der Waals surface area contributed by atoms with Gasteiger partial charge in [0.25, 0.3) is 0 Å². The highest BCUT2D eigenvalue weighted by atomic mass is 19.3. The summed E-state index contributed by atoms with van der Waals surface area (Å²) in [7, 11) is 0. The number of alkyl halides is 2. The first-order chi connectivity index (χ1) is 17.4. The summed E-state index contributed by atoms with van der Waals surface area (Å²) < 4.78 is 58.1. The molecule has 8 nitrogen and oxygen atoms in total. The number of fused-ring (bicyclic) bond motifs is 4. The molecule has 194 valence electrons. The molecule has 1 atom stereocenters. The van der Waals surface area contributed by atoms with Gasteiger partial charge in [0, 0.05) is 17.1 Å². The molecule has 2 N–H and O–H groups in total. The fourth-order valence-corrected chi connectivity index (χ4v) is 5.09. The number of aliphatic hydroxyl groups excluding tert-OH is 1. The first kappa shape index (κ1) is 23.7. The Balaban J connectivity index is 1.32. The van der Waals surface area contributed by atoms with Crippen LogP contribution in [0.5, 0.6) is 11.5 Å². The van der Waals surface area contributed by atoms with Crippen molar-refractivity contribution >= 4 is 28.5 Å².